The van der Waals surface area contributed by atoms with E-state index < -0.39 is 0 Å². The van der Waals surface area contributed by atoms with E-state index in [4.69, 9.17) is 0 Å². The van der Waals surface area contributed by atoms with Crippen LogP contribution in [0.15, 0.2) is 42.7 Å². The van der Waals surface area contributed by atoms with Gasteiger partial charge in [-0.05, 0) is 6.92 Å². The molecule has 2 rings (SSSR count). The summed E-state index contributed by atoms with van der Waals surface area (Å²) in [5, 5.41) is 0. The van der Waals surface area contributed by atoms with Gasteiger partial charge >= 0.3 is 0 Å². The third-order valence-electron chi connectivity index (χ3n) is 2.68. The molecule has 0 aliphatic rings. The average Bonchev–Trinajstić information content (AvgIpc) is 2.34. The molecule has 4 heteroatoms. The number of carbonyl (C=O) groups excluding carboxylic acids is 1. The maximum Gasteiger partial charge on any atom is 0.286 e. The van der Waals surface area contributed by atoms with Gasteiger partial charge in [-0.2, -0.15) is 0 Å². The molecule has 18 heavy (non-hydrogen) atoms. The number of hydrogen-bond acceptors (Lipinski definition) is 2. The minimum atomic E-state index is 0. The Kier molecular flexibility index (Phi) is 5.16. The minimum absolute atomic E-state index is 0. The highest BCUT2D eigenvalue weighted by molar-refractivity contribution is 5.94. The fourth-order valence-corrected chi connectivity index (χ4v) is 1.71. The number of hydrogen-bond donors (Lipinski definition) is 0. The van der Waals surface area contributed by atoms with Crippen LogP contribution in [-0.2, 0) is 6.54 Å². The monoisotopic (exact) mass is 306 g/mol. The highest BCUT2D eigenvalue weighted by Crippen LogP contribution is 2.00. The van der Waals surface area contributed by atoms with Crippen LogP contribution >= 0.6 is 0 Å². The molecular weight excluding hydrogens is 292 g/mol. The fourth-order valence-electron chi connectivity index (χ4n) is 1.71. The summed E-state index contributed by atoms with van der Waals surface area (Å²) >= 11 is 0. The first-order valence-corrected chi connectivity index (χ1v) is 5.58. The number of ketones is 1. The third-order valence-corrected chi connectivity index (χ3v) is 2.68. The molecule has 0 aliphatic carbocycles. The molecule has 1 aromatic heterocycles. The number of Topliss-reactive ketones (excluding diaryl/α,β-unsaturated/α-hetero) is 1. The summed E-state index contributed by atoms with van der Waals surface area (Å²) in [5.41, 5.74) is 2.74. The van der Waals surface area contributed by atoms with Crippen molar-refractivity contribution in [3.63, 3.8) is 0 Å². The zero-order valence-electron chi connectivity index (χ0n) is 10.4. The quantitative estimate of drug-likeness (QED) is 0.531. The second-order valence-electron chi connectivity index (χ2n) is 4.09. The number of aryl methyl sites for hydroxylation is 2. The van der Waals surface area contributed by atoms with Crippen LogP contribution in [0.25, 0.3) is 0 Å². The Balaban J connectivity index is 0.00000162. The molecule has 0 atom stereocenters. The van der Waals surface area contributed by atoms with E-state index in [-0.39, 0.29) is 22.8 Å². The second-order valence-corrected chi connectivity index (χ2v) is 4.09. The van der Waals surface area contributed by atoms with Crippen LogP contribution in [0.3, 0.4) is 0 Å². The summed E-state index contributed by atoms with van der Waals surface area (Å²) in [4.78, 5) is 16.2. The van der Waals surface area contributed by atoms with Gasteiger partial charge in [0.15, 0.2) is 12.2 Å². The highest BCUT2D eigenvalue weighted by Gasteiger charge is 2.12. The Morgan fingerprint density at radius 1 is 1.22 bits per heavy atom. The normalized spacial score (nSPS) is 9.67. The molecule has 0 bridgehead atoms. The van der Waals surface area contributed by atoms with Crippen molar-refractivity contribution in [2.75, 3.05) is 0 Å². The van der Waals surface area contributed by atoms with Crippen LogP contribution in [0.2, 0.25) is 0 Å². The topological polar surface area (TPSA) is 33.8 Å². The summed E-state index contributed by atoms with van der Waals surface area (Å²) in [6.07, 6.45) is 1.71. The van der Waals surface area contributed by atoms with Crippen LogP contribution in [0, 0.1) is 13.8 Å². The molecule has 1 aromatic carbocycles. The molecule has 0 N–H and O–H groups in total. The van der Waals surface area contributed by atoms with E-state index in [1.54, 1.807) is 6.33 Å². The zero-order chi connectivity index (χ0) is 12.3. The lowest BCUT2D eigenvalue weighted by Gasteiger charge is -2.02. The highest BCUT2D eigenvalue weighted by atomic mass is 79.9. The van der Waals surface area contributed by atoms with Gasteiger partial charge in [0.2, 0.25) is 5.78 Å². The van der Waals surface area contributed by atoms with E-state index in [1.807, 2.05) is 54.8 Å². The predicted octanol–water partition coefficient (Wildman–Crippen LogP) is -1.13. The molecule has 3 nitrogen and oxygen atoms in total. The van der Waals surface area contributed by atoms with Crippen molar-refractivity contribution in [1.29, 1.82) is 0 Å². The lowest BCUT2D eigenvalue weighted by Crippen LogP contribution is -3.00. The van der Waals surface area contributed by atoms with Crippen molar-refractivity contribution < 1.29 is 26.3 Å². The van der Waals surface area contributed by atoms with Gasteiger partial charge < -0.3 is 17.0 Å². The summed E-state index contributed by atoms with van der Waals surface area (Å²) in [5.74, 6) is 0.101. The minimum Gasteiger partial charge on any atom is -1.00 e. The number of rotatable bonds is 3. The summed E-state index contributed by atoms with van der Waals surface area (Å²) < 4.78 is 1.86. The Hall–Kier alpha value is -1.55. The van der Waals surface area contributed by atoms with Crippen molar-refractivity contribution in [3.05, 3.63) is 59.7 Å². The van der Waals surface area contributed by atoms with E-state index in [1.165, 1.54) is 0 Å². The number of nitrogens with zero attached hydrogens (tertiary/aromatic N) is 2. The van der Waals surface area contributed by atoms with Crippen molar-refractivity contribution in [1.82, 2.24) is 4.98 Å². The maximum absolute atomic E-state index is 12.0. The Labute approximate surface area is 117 Å². The predicted molar refractivity (Wildman–Crippen MR) is 64.7 cm³/mol. The lowest BCUT2D eigenvalue weighted by atomic mass is 10.1. The molecular formula is C14H15BrN2O. The van der Waals surface area contributed by atoms with Gasteiger partial charge in [-0.1, -0.05) is 35.3 Å². The van der Waals surface area contributed by atoms with E-state index in [9.17, 15) is 4.79 Å². The van der Waals surface area contributed by atoms with Crippen LogP contribution < -0.4 is 21.5 Å². The Morgan fingerprint density at radius 3 is 2.50 bits per heavy atom. The molecule has 0 fully saturated rings. The van der Waals surface area contributed by atoms with Crippen LogP contribution in [-0.4, -0.2) is 10.8 Å². The largest absolute Gasteiger partial charge is 1.00 e. The SMILES string of the molecule is Cc1cc(C)[n+](CC(=O)c2ccccc2)cn1.[Br-]. The van der Waals surface area contributed by atoms with Crippen molar-refractivity contribution in [2.45, 2.75) is 20.4 Å². The van der Waals surface area contributed by atoms with Crippen LogP contribution in [0.1, 0.15) is 21.7 Å². The first kappa shape index (κ1) is 14.5. The van der Waals surface area contributed by atoms with Gasteiger partial charge in [0.1, 0.15) is 5.69 Å². The zero-order valence-corrected chi connectivity index (χ0v) is 12.0. The number of aromatic nitrogens is 2. The summed E-state index contributed by atoms with van der Waals surface area (Å²) in [6.45, 7) is 4.26. The molecule has 0 saturated heterocycles. The molecule has 0 saturated carbocycles. The smallest absolute Gasteiger partial charge is 0.286 e. The Bertz CT molecular complexity index is 541. The number of halogens is 1. The first-order chi connectivity index (χ1) is 8.16. The standard InChI is InChI=1S/C14H15N2O.BrH/c1-11-8-12(2)16(10-15-11)9-14(17)13-6-4-3-5-7-13;/h3-8,10H,9H2,1-2H3;1H/q+1;/p-1. The van der Waals surface area contributed by atoms with Crippen molar-refractivity contribution in [3.8, 4) is 0 Å². The van der Waals surface area contributed by atoms with Gasteiger partial charge in [-0.25, -0.2) is 4.57 Å². The molecule has 0 radical (unpaired) electrons. The fraction of sp³-hybridized carbons (Fsp3) is 0.214. The molecule has 0 aliphatic heterocycles. The molecule has 1 heterocycles. The first-order valence-electron chi connectivity index (χ1n) is 5.58. The molecule has 0 spiro atoms. The lowest BCUT2D eigenvalue weighted by molar-refractivity contribution is -0.692. The average molecular weight is 307 g/mol. The molecule has 0 amide bonds. The maximum atomic E-state index is 12.0. The van der Waals surface area contributed by atoms with Crippen molar-refractivity contribution in [2.24, 2.45) is 0 Å². The van der Waals surface area contributed by atoms with Crippen LogP contribution in [0.4, 0.5) is 0 Å². The van der Waals surface area contributed by atoms with Crippen molar-refractivity contribution >= 4 is 5.78 Å². The number of carbonyl (C=O) groups is 1. The van der Waals surface area contributed by atoms with Crippen LogP contribution in [0.5, 0.6) is 0 Å². The van der Waals surface area contributed by atoms with Gasteiger partial charge in [-0.15, -0.1) is 0 Å². The summed E-state index contributed by atoms with van der Waals surface area (Å²) in [7, 11) is 0. The second kappa shape index (κ2) is 6.40. The van der Waals surface area contributed by atoms with E-state index in [0.29, 0.717) is 6.54 Å². The number of benzene rings is 1. The van der Waals surface area contributed by atoms with Gasteiger partial charge in [0, 0.05) is 18.6 Å². The third kappa shape index (κ3) is 3.47. The van der Waals surface area contributed by atoms with Gasteiger partial charge in [0.05, 0.1) is 0 Å². The molecule has 0 unspecified atom stereocenters. The van der Waals surface area contributed by atoms with E-state index in [2.05, 4.69) is 4.98 Å². The summed E-state index contributed by atoms with van der Waals surface area (Å²) in [6, 6.07) is 11.3. The van der Waals surface area contributed by atoms with E-state index >= 15 is 0 Å². The molecule has 94 valence electrons. The van der Waals surface area contributed by atoms with Gasteiger partial charge in [-0.3, -0.25) is 4.79 Å². The Morgan fingerprint density at radius 2 is 1.89 bits per heavy atom. The van der Waals surface area contributed by atoms with Gasteiger partial charge in [0.25, 0.3) is 6.33 Å². The molecule has 2 aromatic rings. The van der Waals surface area contributed by atoms with E-state index in [0.717, 1.165) is 17.0 Å².